The highest BCUT2D eigenvalue weighted by molar-refractivity contribution is 7.12. The van der Waals surface area contributed by atoms with E-state index in [9.17, 15) is 9.59 Å². The number of amides is 2. The SMILES string of the molecule is O=C(c1cccs1)N1CC[C@]2(CCC[C@H]2C(=O)N2CCCCO2)C1. The summed E-state index contributed by atoms with van der Waals surface area (Å²) in [7, 11) is 0. The maximum absolute atomic E-state index is 13.0. The smallest absolute Gasteiger partial charge is 0.263 e. The maximum atomic E-state index is 13.0. The summed E-state index contributed by atoms with van der Waals surface area (Å²) in [5, 5.41) is 3.54. The number of nitrogens with zero attached hydrogens (tertiary/aromatic N) is 2. The number of carbonyl (C=O) groups is 2. The number of hydroxylamine groups is 2. The first-order valence-corrected chi connectivity index (χ1v) is 9.85. The molecule has 1 aromatic heterocycles. The largest absolute Gasteiger partial charge is 0.337 e. The molecule has 2 aliphatic heterocycles. The van der Waals surface area contributed by atoms with Crippen LogP contribution < -0.4 is 0 Å². The molecule has 5 nitrogen and oxygen atoms in total. The fourth-order valence-corrected chi connectivity index (χ4v) is 5.27. The van der Waals surface area contributed by atoms with Crippen LogP contribution in [0.4, 0.5) is 0 Å². The van der Waals surface area contributed by atoms with E-state index in [4.69, 9.17) is 4.84 Å². The molecule has 130 valence electrons. The van der Waals surface area contributed by atoms with Crippen LogP contribution in [0.5, 0.6) is 0 Å². The molecular formula is C18H24N2O3S. The summed E-state index contributed by atoms with van der Waals surface area (Å²) >= 11 is 1.49. The Balaban J connectivity index is 1.48. The van der Waals surface area contributed by atoms with Gasteiger partial charge in [0.15, 0.2) is 0 Å². The van der Waals surface area contributed by atoms with Crippen molar-refractivity contribution in [2.75, 3.05) is 26.2 Å². The van der Waals surface area contributed by atoms with E-state index in [-0.39, 0.29) is 23.1 Å². The lowest BCUT2D eigenvalue weighted by molar-refractivity contribution is -0.204. The van der Waals surface area contributed by atoms with Crippen LogP contribution in [0.1, 0.15) is 48.2 Å². The van der Waals surface area contributed by atoms with E-state index < -0.39 is 0 Å². The predicted molar refractivity (Wildman–Crippen MR) is 91.5 cm³/mol. The Morgan fingerprint density at radius 3 is 2.88 bits per heavy atom. The fourth-order valence-electron chi connectivity index (χ4n) is 4.58. The van der Waals surface area contributed by atoms with Crippen LogP contribution in [0.25, 0.3) is 0 Å². The third kappa shape index (κ3) is 2.75. The van der Waals surface area contributed by atoms with Crippen LogP contribution >= 0.6 is 11.3 Å². The van der Waals surface area contributed by atoms with Gasteiger partial charge in [0, 0.05) is 31.0 Å². The van der Waals surface area contributed by atoms with E-state index in [1.54, 1.807) is 5.06 Å². The highest BCUT2D eigenvalue weighted by atomic mass is 32.1. The number of likely N-dealkylation sites (tertiary alicyclic amines) is 1. The van der Waals surface area contributed by atoms with Crippen LogP contribution in [0.3, 0.4) is 0 Å². The molecular weight excluding hydrogens is 324 g/mol. The molecule has 3 fully saturated rings. The average Bonchev–Trinajstić information content (AvgIpc) is 3.37. The van der Waals surface area contributed by atoms with Gasteiger partial charge in [-0.2, -0.15) is 0 Å². The van der Waals surface area contributed by atoms with Crippen molar-refractivity contribution in [2.45, 2.75) is 38.5 Å². The normalized spacial score (nSPS) is 30.2. The van der Waals surface area contributed by atoms with Gasteiger partial charge in [0.1, 0.15) is 0 Å². The zero-order valence-corrected chi connectivity index (χ0v) is 14.7. The number of hydrogen-bond acceptors (Lipinski definition) is 4. The van der Waals surface area contributed by atoms with Gasteiger partial charge in [0.05, 0.1) is 11.5 Å². The predicted octanol–water partition coefficient (Wildman–Crippen LogP) is 2.93. The third-order valence-electron chi connectivity index (χ3n) is 5.86. The first kappa shape index (κ1) is 16.1. The van der Waals surface area contributed by atoms with E-state index >= 15 is 0 Å². The van der Waals surface area contributed by atoms with Crippen molar-refractivity contribution in [2.24, 2.45) is 11.3 Å². The summed E-state index contributed by atoms with van der Waals surface area (Å²) in [5.41, 5.74) is -0.0369. The fraction of sp³-hybridized carbons (Fsp3) is 0.667. The molecule has 3 heterocycles. The zero-order valence-electron chi connectivity index (χ0n) is 13.9. The number of carbonyl (C=O) groups excluding carboxylic acids is 2. The lowest BCUT2D eigenvalue weighted by Crippen LogP contribution is -2.45. The van der Waals surface area contributed by atoms with Crippen molar-refractivity contribution in [1.29, 1.82) is 0 Å². The molecule has 2 atom stereocenters. The Morgan fingerprint density at radius 1 is 1.21 bits per heavy atom. The van der Waals surface area contributed by atoms with Gasteiger partial charge in [0.2, 0.25) is 5.91 Å². The van der Waals surface area contributed by atoms with Crippen molar-refractivity contribution in [1.82, 2.24) is 9.96 Å². The van der Waals surface area contributed by atoms with Gasteiger partial charge < -0.3 is 4.90 Å². The number of thiophene rings is 1. The minimum Gasteiger partial charge on any atom is -0.337 e. The lowest BCUT2D eigenvalue weighted by Gasteiger charge is -2.35. The van der Waals surface area contributed by atoms with Gasteiger partial charge in [-0.3, -0.25) is 14.4 Å². The summed E-state index contributed by atoms with van der Waals surface area (Å²) < 4.78 is 0. The Labute approximate surface area is 146 Å². The summed E-state index contributed by atoms with van der Waals surface area (Å²) in [6.07, 6.45) is 6.04. The van der Waals surface area contributed by atoms with Gasteiger partial charge in [-0.15, -0.1) is 11.3 Å². The zero-order chi connectivity index (χ0) is 16.6. The highest BCUT2D eigenvalue weighted by Crippen LogP contribution is 2.50. The van der Waals surface area contributed by atoms with Gasteiger partial charge in [-0.1, -0.05) is 12.5 Å². The second kappa shape index (κ2) is 6.48. The molecule has 1 aliphatic carbocycles. The number of hydrogen-bond donors (Lipinski definition) is 0. The molecule has 4 rings (SSSR count). The van der Waals surface area contributed by atoms with Gasteiger partial charge in [-0.25, -0.2) is 5.06 Å². The first-order chi connectivity index (χ1) is 11.7. The molecule has 1 saturated carbocycles. The average molecular weight is 348 g/mol. The molecule has 2 saturated heterocycles. The van der Waals surface area contributed by atoms with Crippen molar-refractivity contribution in [3.05, 3.63) is 22.4 Å². The Hall–Kier alpha value is -1.40. The standard InChI is InChI=1S/C18H24N2O3S/c21-16(20-9-1-2-11-23-20)14-5-3-7-18(14)8-10-19(13-18)17(22)15-6-4-12-24-15/h4,6,12,14H,1-3,5,7-11,13H2/t14-,18+/m0/s1. The van der Waals surface area contributed by atoms with Crippen LogP contribution in [0.15, 0.2) is 17.5 Å². The van der Waals surface area contributed by atoms with Crippen molar-refractivity contribution >= 4 is 23.2 Å². The minimum absolute atomic E-state index is 0.0109. The van der Waals surface area contributed by atoms with Crippen LogP contribution in [0.2, 0.25) is 0 Å². The lowest BCUT2D eigenvalue weighted by atomic mass is 9.76. The van der Waals surface area contributed by atoms with Crippen LogP contribution in [-0.4, -0.2) is 48.0 Å². The monoisotopic (exact) mass is 348 g/mol. The van der Waals surface area contributed by atoms with Crippen molar-refractivity contribution < 1.29 is 14.4 Å². The summed E-state index contributed by atoms with van der Waals surface area (Å²) in [5.74, 6) is 0.281. The minimum atomic E-state index is -0.0369. The van der Waals surface area contributed by atoms with E-state index in [1.165, 1.54) is 11.3 Å². The van der Waals surface area contributed by atoms with Crippen molar-refractivity contribution in [3.8, 4) is 0 Å². The second-order valence-corrected chi connectivity index (χ2v) is 8.19. The Morgan fingerprint density at radius 2 is 2.12 bits per heavy atom. The molecule has 0 radical (unpaired) electrons. The first-order valence-electron chi connectivity index (χ1n) is 8.97. The van der Waals surface area contributed by atoms with E-state index in [0.29, 0.717) is 19.7 Å². The van der Waals surface area contributed by atoms with E-state index in [0.717, 1.165) is 49.9 Å². The molecule has 1 aromatic rings. The quantitative estimate of drug-likeness (QED) is 0.826. The Kier molecular flexibility index (Phi) is 4.35. The van der Waals surface area contributed by atoms with Crippen molar-refractivity contribution in [3.63, 3.8) is 0 Å². The molecule has 6 heteroatoms. The summed E-state index contributed by atoms with van der Waals surface area (Å²) in [6, 6.07) is 3.80. The van der Waals surface area contributed by atoms with Gasteiger partial charge >= 0.3 is 0 Å². The highest BCUT2D eigenvalue weighted by Gasteiger charge is 2.52. The van der Waals surface area contributed by atoms with Gasteiger partial charge in [0.25, 0.3) is 5.91 Å². The summed E-state index contributed by atoms with van der Waals surface area (Å²) in [4.78, 5) is 34.0. The molecule has 3 aliphatic rings. The molecule has 1 spiro atoms. The second-order valence-electron chi connectivity index (χ2n) is 7.24. The molecule has 2 amide bonds. The molecule has 0 bridgehead atoms. The van der Waals surface area contributed by atoms with Crippen LogP contribution in [0, 0.1) is 11.3 Å². The molecule has 24 heavy (non-hydrogen) atoms. The summed E-state index contributed by atoms with van der Waals surface area (Å²) in [6.45, 7) is 2.84. The molecule has 0 N–H and O–H groups in total. The molecule has 0 unspecified atom stereocenters. The number of rotatable bonds is 2. The Bertz CT molecular complexity index is 612. The topological polar surface area (TPSA) is 49.9 Å². The maximum Gasteiger partial charge on any atom is 0.263 e. The third-order valence-corrected chi connectivity index (χ3v) is 6.72. The van der Waals surface area contributed by atoms with Crippen LogP contribution in [-0.2, 0) is 9.63 Å². The molecule has 0 aromatic carbocycles. The van der Waals surface area contributed by atoms with E-state index in [1.807, 2.05) is 22.4 Å². The van der Waals surface area contributed by atoms with Gasteiger partial charge in [-0.05, 0) is 43.6 Å². The van der Waals surface area contributed by atoms with E-state index in [2.05, 4.69) is 0 Å².